The van der Waals surface area contributed by atoms with E-state index in [9.17, 15) is 0 Å². The molecule has 0 radical (unpaired) electrons. The molecular formula is C12H18N4S. The van der Waals surface area contributed by atoms with Gasteiger partial charge in [0.25, 0.3) is 0 Å². The van der Waals surface area contributed by atoms with Crippen LogP contribution in [0.15, 0.2) is 17.4 Å². The van der Waals surface area contributed by atoms with Gasteiger partial charge in [-0.05, 0) is 12.8 Å². The molecule has 1 aliphatic heterocycles. The first-order valence-corrected chi connectivity index (χ1v) is 7.18. The zero-order valence-corrected chi connectivity index (χ0v) is 11.0. The predicted molar refractivity (Wildman–Crippen MR) is 71.1 cm³/mol. The molecule has 1 aromatic rings. The molecule has 1 spiro atoms. The maximum Gasteiger partial charge on any atom is 0.157 e. The van der Waals surface area contributed by atoms with E-state index in [1.165, 1.54) is 31.4 Å². The largest absolute Gasteiger partial charge is 0.359 e. The van der Waals surface area contributed by atoms with Gasteiger partial charge in [0.05, 0.1) is 6.54 Å². The maximum absolute atomic E-state index is 4.63. The molecule has 1 saturated carbocycles. The monoisotopic (exact) mass is 250 g/mol. The van der Waals surface area contributed by atoms with E-state index in [4.69, 9.17) is 0 Å². The molecular weight excluding hydrogens is 232 g/mol. The minimum Gasteiger partial charge on any atom is -0.359 e. The Bertz CT molecular complexity index is 431. The number of hydrogen-bond donors (Lipinski definition) is 1. The van der Waals surface area contributed by atoms with E-state index < -0.39 is 0 Å². The van der Waals surface area contributed by atoms with Crippen LogP contribution in [0.3, 0.4) is 0 Å². The fourth-order valence-corrected chi connectivity index (χ4v) is 3.82. The van der Waals surface area contributed by atoms with Crippen molar-refractivity contribution in [2.45, 2.75) is 37.8 Å². The topological polar surface area (TPSA) is 42.2 Å². The van der Waals surface area contributed by atoms with Crippen LogP contribution in [0.5, 0.6) is 0 Å². The van der Waals surface area contributed by atoms with E-state index in [2.05, 4.69) is 15.3 Å². The summed E-state index contributed by atoms with van der Waals surface area (Å²) in [6, 6.07) is 0. The molecule has 0 atom stereocenters. The third kappa shape index (κ3) is 2.20. The average Bonchev–Trinajstić information content (AvgIpc) is 3.01. The zero-order chi connectivity index (χ0) is 11.7. The quantitative estimate of drug-likeness (QED) is 0.872. The number of hydrogen-bond acceptors (Lipinski definition) is 3. The summed E-state index contributed by atoms with van der Waals surface area (Å²) in [5.74, 6) is 2.21. The van der Waals surface area contributed by atoms with E-state index in [0.717, 1.165) is 11.0 Å². The highest BCUT2D eigenvalue weighted by atomic mass is 32.2. The van der Waals surface area contributed by atoms with Crippen LogP contribution in [0.4, 0.5) is 0 Å². The third-order valence-electron chi connectivity index (χ3n) is 3.70. The van der Waals surface area contributed by atoms with Crippen LogP contribution < -0.4 is 5.32 Å². The summed E-state index contributed by atoms with van der Waals surface area (Å²) in [6.45, 7) is 0.676. The summed E-state index contributed by atoms with van der Waals surface area (Å²) in [5, 5.41) is 4.73. The lowest BCUT2D eigenvalue weighted by Crippen LogP contribution is -2.40. The molecule has 2 fully saturated rings. The third-order valence-corrected chi connectivity index (χ3v) is 4.90. The smallest absolute Gasteiger partial charge is 0.157 e. The van der Waals surface area contributed by atoms with E-state index in [1.54, 1.807) is 0 Å². The highest BCUT2D eigenvalue weighted by Crippen LogP contribution is 2.37. The lowest BCUT2D eigenvalue weighted by Gasteiger charge is -2.21. The number of aromatic nitrogens is 2. The molecule has 1 saturated heterocycles. The summed E-state index contributed by atoms with van der Waals surface area (Å²) in [6.07, 6.45) is 9.12. The van der Waals surface area contributed by atoms with Gasteiger partial charge in [-0.1, -0.05) is 24.6 Å². The number of amidine groups is 1. The Labute approximate surface area is 106 Å². The molecule has 1 N–H and O–H groups in total. The summed E-state index contributed by atoms with van der Waals surface area (Å²) in [7, 11) is 2.01. The summed E-state index contributed by atoms with van der Waals surface area (Å²) >= 11 is 1.87. The van der Waals surface area contributed by atoms with Gasteiger partial charge in [0.15, 0.2) is 5.17 Å². The van der Waals surface area contributed by atoms with Crippen molar-refractivity contribution >= 4 is 16.9 Å². The molecule has 1 aromatic heterocycles. The minimum atomic E-state index is 0.366. The first-order valence-electron chi connectivity index (χ1n) is 6.19. The summed E-state index contributed by atoms with van der Waals surface area (Å²) in [5.41, 5.74) is 0.366. The number of rotatable bonds is 2. The standard InChI is InChI=1S/C12H18N4S/c1-16-7-6-13-10(16)8-14-11-15-12(9-17-11)4-2-3-5-12/h6-7H,2-5,8-9H2,1H3,(H,14,15). The molecule has 1 aliphatic carbocycles. The van der Waals surface area contributed by atoms with Gasteiger partial charge in [-0.2, -0.15) is 0 Å². The van der Waals surface area contributed by atoms with Crippen LogP contribution in [-0.2, 0) is 13.6 Å². The zero-order valence-electron chi connectivity index (χ0n) is 10.1. The van der Waals surface area contributed by atoms with Crippen LogP contribution in [0.2, 0.25) is 0 Å². The first-order chi connectivity index (χ1) is 8.27. The van der Waals surface area contributed by atoms with Gasteiger partial charge >= 0.3 is 0 Å². The molecule has 3 rings (SSSR count). The number of thioether (sulfide) groups is 1. The van der Waals surface area contributed by atoms with Gasteiger partial charge in [-0.25, -0.2) is 4.98 Å². The Kier molecular flexibility index (Phi) is 2.86. The molecule has 0 aromatic carbocycles. The molecule has 2 heterocycles. The molecule has 2 aliphatic rings. The van der Waals surface area contributed by atoms with Crippen molar-refractivity contribution in [3.63, 3.8) is 0 Å². The Morgan fingerprint density at radius 3 is 3.06 bits per heavy atom. The van der Waals surface area contributed by atoms with Crippen LogP contribution in [0.1, 0.15) is 31.5 Å². The van der Waals surface area contributed by atoms with Crippen LogP contribution in [0.25, 0.3) is 0 Å². The fourth-order valence-electron chi connectivity index (χ4n) is 2.60. The van der Waals surface area contributed by atoms with Crippen molar-refractivity contribution in [2.24, 2.45) is 12.0 Å². The van der Waals surface area contributed by atoms with Crippen LogP contribution in [0, 0.1) is 0 Å². The van der Waals surface area contributed by atoms with Crippen molar-refractivity contribution in [2.75, 3.05) is 5.75 Å². The Balaban J connectivity index is 1.64. The van der Waals surface area contributed by atoms with E-state index in [-0.39, 0.29) is 0 Å². The number of nitrogens with zero attached hydrogens (tertiary/aromatic N) is 3. The molecule has 17 heavy (non-hydrogen) atoms. The predicted octanol–water partition coefficient (Wildman–Crippen LogP) is 1.93. The van der Waals surface area contributed by atoms with Crippen molar-refractivity contribution in [3.05, 3.63) is 18.2 Å². The van der Waals surface area contributed by atoms with Crippen molar-refractivity contribution in [3.8, 4) is 0 Å². The Morgan fingerprint density at radius 2 is 2.35 bits per heavy atom. The average molecular weight is 250 g/mol. The highest BCUT2D eigenvalue weighted by molar-refractivity contribution is 8.14. The second kappa shape index (κ2) is 4.37. The van der Waals surface area contributed by atoms with Gasteiger partial charge in [0, 0.05) is 30.7 Å². The lowest BCUT2D eigenvalue weighted by atomic mass is 10.0. The highest BCUT2D eigenvalue weighted by Gasteiger charge is 2.39. The summed E-state index contributed by atoms with van der Waals surface area (Å²) < 4.78 is 2.02. The van der Waals surface area contributed by atoms with E-state index in [0.29, 0.717) is 12.1 Å². The number of imidazole rings is 1. The summed E-state index contributed by atoms with van der Waals surface area (Å²) in [4.78, 5) is 8.92. The first kappa shape index (κ1) is 11.1. The second-order valence-corrected chi connectivity index (χ2v) is 5.94. The number of aliphatic imine (C=N–C) groups is 1. The van der Waals surface area contributed by atoms with E-state index in [1.807, 2.05) is 35.8 Å². The fraction of sp³-hybridized carbons (Fsp3) is 0.667. The molecule has 92 valence electrons. The molecule has 4 nitrogen and oxygen atoms in total. The SMILES string of the molecule is Cn1ccnc1CN=C1NC2(CCCC2)CS1. The van der Waals surface area contributed by atoms with Gasteiger partial charge in [0.1, 0.15) is 5.82 Å². The molecule has 5 heteroatoms. The van der Waals surface area contributed by atoms with Crippen molar-refractivity contribution < 1.29 is 0 Å². The molecule has 0 unspecified atom stereocenters. The van der Waals surface area contributed by atoms with Gasteiger partial charge in [0.2, 0.25) is 0 Å². The van der Waals surface area contributed by atoms with Crippen LogP contribution >= 0.6 is 11.8 Å². The molecule has 0 bridgehead atoms. The van der Waals surface area contributed by atoms with Crippen LogP contribution in [-0.4, -0.2) is 26.0 Å². The number of aryl methyl sites for hydroxylation is 1. The Hall–Kier alpha value is -0.970. The van der Waals surface area contributed by atoms with Crippen molar-refractivity contribution in [1.82, 2.24) is 14.9 Å². The lowest BCUT2D eigenvalue weighted by molar-refractivity contribution is 0.452. The Morgan fingerprint density at radius 1 is 1.53 bits per heavy atom. The minimum absolute atomic E-state index is 0.366. The van der Waals surface area contributed by atoms with Gasteiger partial charge < -0.3 is 9.88 Å². The normalized spacial score (nSPS) is 24.6. The van der Waals surface area contributed by atoms with Crippen molar-refractivity contribution in [1.29, 1.82) is 0 Å². The maximum atomic E-state index is 4.63. The van der Waals surface area contributed by atoms with E-state index >= 15 is 0 Å². The van der Waals surface area contributed by atoms with Gasteiger partial charge in [-0.3, -0.25) is 4.99 Å². The second-order valence-electron chi connectivity index (χ2n) is 4.98. The number of nitrogens with one attached hydrogen (secondary N) is 1. The molecule has 0 amide bonds. The van der Waals surface area contributed by atoms with Gasteiger partial charge in [-0.15, -0.1) is 0 Å².